The van der Waals surface area contributed by atoms with Gasteiger partial charge in [0.2, 0.25) is 5.91 Å². The summed E-state index contributed by atoms with van der Waals surface area (Å²) in [6, 6.07) is -0.893. The monoisotopic (exact) mass is 1200 g/mol. The molecule has 0 aromatic rings. The number of carbonyl (C=O) groups is 1. The molecule has 3 aliphatic heterocycles. The van der Waals surface area contributed by atoms with Crippen molar-refractivity contribution in [3.8, 4) is 0 Å². The normalized spacial score (nSPS) is 29.3. The Hall–Kier alpha value is -1.73. The second-order valence-corrected chi connectivity index (χ2v) is 24.3. The maximum Gasteiger partial charge on any atom is 0.220 e. The Bertz CT molecular complexity index is 1630. The van der Waals surface area contributed by atoms with Gasteiger partial charge in [-0.1, -0.05) is 231 Å². The summed E-state index contributed by atoms with van der Waals surface area (Å²) in [6.45, 7) is 1.73. The first-order chi connectivity index (χ1) is 40.8. The van der Waals surface area contributed by atoms with Crippen LogP contribution in [0.2, 0.25) is 0 Å². The van der Waals surface area contributed by atoms with E-state index in [1.54, 1.807) is 0 Å². The standard InChI is InChI=1S/C65H121NO18/c1-3-5-7-9-11-13-15-17-18-19-20-21-22-23-24-25-26-27-28-29-31-32-34-36-38-40-42-49(70)48(66-53(71)43-41-39-37-35-33-30-16-14-12-10-8-6-4-2)47-79-63-59(77)56(74)61(51(45-68)81-63)84-65-60(78)57(75)62(52(46-69)82-65)83-64-58(76)55(73)54(72)50(44-67)80-64/h8,10,14,16,48-52,54-65,67-70,72-78H,3-7,9,11-13,15,17-47H2,1-2H3,(H,66,71)/b10-8-,16-14-. The zero-order valence-electron chi connectivity index (χ0n) is 51.9. The molecule has 12 N–H and O–H groups in total. The average Bonchev–Trinajstić information content (AvgIpc) is 2.92. The van der Waals surface area contributed by atoms with E-state index in [9.17, 15) is 61.0 Å². The lowest BCUT2D eigenvalue weighted by atomic mass is 9.96. The van der Waals surface area contributed by atoms with E-state index in [1.807, 2.05) is 0 Å². The second-order valence-electron chi connectivity index (χ2n) is 24.3. The van der Waals surface area contributed by atoms with Gasteiger partial charge >= 0.3 is 0 Å². The molecule has 3 aliphatic rings. The lowest BCUT2D eigenvalue weighted by molar-refractivity contribution is -0.379. The third-order valence-electron chi connectivity index (χ3n) is 17.0. The van der Waals surface area contributed by atoms with Crippen LogP contribution < -0.4 is 5.32 Å². The van der Waals surface area contributed by atoms with Gasteiger partial charge in [0, 0.05) is 6.42 Å². The van der Waals surface area contributed by atoms with Crippen molar-refractivity contribution in [1.82, 2.24) is 5.32 Å². The van der Waals surface area contributed by atoms with Gasteiger partial charge in [0.1, 0.15) is 73.2 Å². The SMILES string of the molecule is CCC/C=C\C/C=C\CCCCCCCC(=O)NC(COC1OC(CO)C(OC2OC(CO)C(OC3OC(CO)C(O)C(O)C3O)C(O)C2O)C(O)C1O)C(O)CCCCCCCCCCCCCCCCCCCCCCCCCCCC. The van der Waals surface area contributed by atoms with E-state index in [0.717, 1.165) is 77.0 Å². The van der Waals surface area contributed by atoms with Crippen molar-refractivity contribution in [2.75, 3.05) is 26.4 Å². The summed E-state index contributed by atoms with van der Waals surface area (Å²) in [6.07, 6.45) is 25.6. The van der Waals surface area contributed by atoms with Gasteiger partial charge in [-0.2, -0.15) is 0 Å². The molecule has 1 amide bonds. The van der Waals surface area contributed by atoms with Gasteiger partial charge in [-0.25, -0.2) is 0 Å². The van der Waals surface area contributed by atoms with Crippen LogP contribution in [0.25, 0.3) is 0 Å². The van der Waals surface area contributed by atoms with Crippen molar-refractivity contribution in [1.29, 1.82) is 0 Å². The van der Waals surface area contributed by atoms with Crippen molar-refractivity contribution in [3.63, 3.8) is 0 Å². The van der Waals surface area contributed by atoms with Crippen LogP contribution in [0.5, 0.6) is 0 Å². The van der Waals surface area contributed by atoms with Gasteiger partial charge in [0.25, 0.3) is 0 Å². The smallest absolute Gasteiger partial charge is 0.220 e. The first-order valence-corrected chi connectivity index (χ1v) is 33.6. The molecule has 0 saturated carbocycles. The van der Waals surface area contributed by atoms with E-state index in [-0.39, 0.29) is 18.9 Å². The maximum atomic E-state index is 13.3. The second kappa shape index (κ2) is 48.2. The van der Waals surface area contributed by atoms with Gasteiger partial charge in [-0.15, -0.1) is 0 Å². The molecule has 0 aromatic carbocycles. The number of nitrogens with one attached hydrogen (secondary N) is 1. The molecule has 3 rings (SSSR count). The molecule has 3 heterocycles. The number of ether oxygens (including phenoxy) is 6. The molecule has 0 aliphatic carbocycles. The summed E-state index contributed by atoms with van der Waals surface area (Å²) in [7, 11) is 0. The minimum atomic E-state index is -1.97. The number of unbranched alkanes of at least 4 members (excludes halogenated alkanes) is 31. The van der Waals surface area contributed by atoms with Gasteiger partial charge in [-0.3, -0.25) is 4.79 Å². The molecule has 0 aromatic heterocycles. The highest BCUT2D eigenvalue weighted by Crippen LogP contribution is 2.33. The van der Waals surface area contributed by atoms with Gasteiger partial charge in [-0.05, 0) is 38.5 Å². The van der Waals surface area contributed by atoms with Crippen molar-refractivity contribution in [2.45, 2.75) is 356 Å². The number of allylic oxidation sites excluding steroid dienone is 4. The quantitative estimate of drug-likeness (QED) is 0.0204. The van der Waals surface area contributed by atoms with E-state index in [2.05, 4.69) is 43.5 Å². The van der Waals surface area contributed by atoms with Crippen LogP contribution >= 0.6 is 0 Å². The maximum absolute atomic E-state index is 13.3. The van der Waals surface area contributed by atoms with Crippen LogP contribution in [0.4, 0.5) is 0 Å². The van der Waals surface area contributed by atoms with E-state index in [4.69, 9.17) is 28.4 Å². The number of aliphatic hydroxyl groups is 11. The van der Waals surface area contributed by atoms with Crippen LogP contribution in [-0.4, -0.2) is 193 Å². The highest BCUT2D eigenvalue weighted by Gasteiger charge is 2.53. The largest absolute Gasteiger partial charge is 0.394 e. The molecule has 17 unspecified atom stereocenters. The molecule has 19 nitrogen and oxygen atoms in total. The summed E-state index contributed by atoms with van der Waals surface area (Å²) in [4.78, 5) is 13.3. The van der Waals surface area contributed by atoms with Crippen LogP contribution in [0, 0.1) is 0 Å². The first-order valence-electron chi connectivity index (χ1n) is 33.6. The Morgan fingerprint density at radius 3 is 1.26 bits per heavy atom. The zero-order valence-corrected chi connectivity index (χ0v) is 51.9. The molecule has 494 valence electrons. The van der Waals surface area contributed by atoms with Crippen molar-refractivity contribution in [3.05, 3.63) is 24.3 Å². The summed E-state index contributed by atoms with van der Waals surface area (Å²) < 4.78 is 34.4. The Balaban J connectivity index is 1.42. The van der Waals surface area contributed by atoms with Crippen LogP contribution in [0.3, 0.4) is 0 Å². The van der Waals surface area contributed by atoms with Crippen molar-refractivity contribution >= 4 is 5.91 Å². The number of amides is 1. The first kappa shape index (κ1) is 76.5. The number of hydrogen-bond acceptors (Lipinski definition) is 18. The topological polar surface area (TPSA) is 307 Å². The van der Waals surface area contributed by atoms with Crippen LogP contribution in [-0.2, 0) is 33.2 Å². The minimum Gasteiger partial charge on any atom is -0.394 e. The third kappa shape index (κ3) is 30.7. The molecule has 3 saturated heterocycles. The van der Waals surface area contributed by atoms with Crippen LogP contribution in [0.15, 0.2) is 24.3 Å². The number of aliphatic hydroxyl groups excluding tert-OH is 11. The fourth-order valence-corrected chi connectivity index (χ4v) is 11.5. The molecule has 84 heavy (non-hydrogen) atoms. The number of hydrogen-bond donors (Lipinski definition) is 12. The Morgan fingerprint density at radius 1 is 0.429 bits per heavy atom. The molecule has 0 bridgehead atoms. The lowest BCUT2D eigenvalue weighted by Gasteiger charge is -2.48. The van der Waals surface area contributed by atoms with E-state index in [1.165, 1.54) is 141 Å². The van der Waals surface area contributed by atoms with E-state index in [0.29, 0.717) is 12.8 Å². The average molecular weight is 1200 g/mol. The molecule has 3 fully saturated rings. The Kier molecular flexibility index (Phi) is 43.9. The fraction of sp³-hybridized carbons (Fsp3) is 0.923. The van der Waals surface area contributed by atoms with Crippen LogP contribution in [0.1, 0.15) is 251 Å². The Labute approximate surface area is 505 Å². The molecule has 19 heteroatoms. The third-order valence-corrected chi connectivity index (χ3v) is 17.0. The predicted molar refractivity (Wildman–Crippen MR) is 323 cm³/mol. The minimum absolute atomic E-state index is 0.251. The van der Waals surface area contributed by atoms with Gasteiger partial charge in [0.05, 0.1) is 38.6 Å². The predicted octanol–water partition coefficient (Wildman–Crippen LogP) is 7.88. The van der Waals surface area contributed by atoms with Gasteiger partial charge < -0.3 is 89.9 Å². The zero-order chi connectivity index (χ0) is 61.2. The number of rotatable bonds is 51. The van der Waals surface area contributed by atoms with E-state index >= 15 is 0 Å². The number of carbonyl (C=O) groups excluding carboxylic acids is 1. The summed E-state index contributed by atoms with van der Waals surface area (Å²) in [5, 5.41) is 120. The Morgan fingerprint density at radius 2 is 0.810 bits per heavy atom. The molecule has 0 radical (unpaired) electrons. The van der Waals surface area contributed by atoms with Crippen molar-refractivity contribution < 1.29 is 89.4 Å². The highest BCUT2D eigenvalue weighted by molar-refractivity contribution is 5.76. The summed E-state index contributed by atoms with van der Waals surface area (Å²) in [5.74, 6) is -0.256. The summed E-state index contributed by atoms with van der Waals surface area (Å²) in [5.41, 5.74) is 0. The molecule has 17 atom stereocenters. The van der Waals surface area contributed by atoms with E-state index < -0.39 is 124 Å². The molecular weight excluding hydrogens is 1080 g/mol. The summed E-state index contributed by atoms with van der Waals surface area (Å²) >= 11 is 0. The fourth-order valence-electron chi connectivity index (χ4n) is 11.5. The van der Waals surface area contributed by atoms with Crippen molar-refractivity contribution in [2.24, 2.45) is 0 Å². The molecular formula is C65H121NO18. The lowest BCUT2D eigenvalue weighted by Crippen LogP contribution is -2.66. The molecule has 0 spiro atoms. The highest BCUT2D eigenvalue weighted by atomic mass is 16.8. The van der Waals surface area contributed by atoms with Gasteiger partial charge in [0.15, 0.2) is 18.9 Å².